The normalized spacial score (nSPS) is 23.6. The SMILES string of the molecule is CC1(C(=O)NCCOCCC(=O)O)CCCNC1. The summed E-state index contributed by atoms with van der Waals surface area (Å²) in [6.45, 7) is 4.60. The fourth-order valence-corrected chi connectivity index (χ4v) is 1.96. The van der Waals surface area contributed by atoms with E-state index in [0.29, 0.717) is 19.7 Å². The zero-order valence-corrected chi connectivity index (χ0v) is 10.8. The molecule has 18 heavy (non-hydrogen) atoms. The number of carboxylic acid groups (broad SMARTS) is 1. The maximum absolute atomic E-state index is 12.0. The number of hydrogen-bond acceptors (Lipinski definition) is 4. The first kappa shape index (κ1) is 14.9. The Morgan fingerprint density at radius 1 is 1.44 bits per heavy atom. The second-order valence-electron chi connectivity index (χ2n) is 4.85. The van der Waals surface area contributed by atoms with Crippen LogP contribution in [0.25, 0.3) is 0 Å². The Labute approximate surface area is 107 Å². The number of piperidine rings is 1. The molecule has 1 aliphatic heterocycles. The molecular weight excluding hydrogens is 236 g/mol. The van der Waals surface area contributed by atoms with Crippen molar-refractivity contribution in [2.75, 3.05) is 32.8 Å². The molecule has 1 rings (SSSR count). The van der Waals surface area contributed by atoms with Crippen molar-refractivity contribution in [3.63, 3.8) is 0 Å². The molecular formula is C12H22N2O4. The summed E-state index contributed by atoms with van der Waals surface area (Å²) < 4.78 is 5.10. The Bertz CT molecular complexity index is 288. The van der Waals surface area contributed by atoms with Crippen LogP contribution in [0.2, 0.25) is 0 Å². The van der Waals surface area contributed by atoms with Gasteiger partial charge in [0.25, 0.3) is 0 Å². The zero-order valence-electron chi connectivity index (χ0n) is 10.8. The van der Waals surface area contributed by atoms with Gasteiger partial charge in [0.1, 0.15) is 0 Å². The minimum absolute atomic E-state index is 0.00438. The Balaban J connectivity index is 2.11. The van der Waals surface area contributed by atoms with Gasteiger partial charge in [0.05, 0.1) is 25.0 Å². The Morgan fingerprint density at radius 2 is 2.22 bits per heavy atom. The summed E-state index contributed by atoms with van der Waals surface area (Å²) in [6.07, 6.45) is 1.90. The third kappa shape index (κ3) is 5.01. The average Bonchev–Trinajstić information content (AvgIpc) is 2.34. The lowest BCUT2D eigenvalue weighted by atomic mass is 9.82. The van der Waals surface area contributed by atoms with E-state index in [4.69, 9.17) is 9.84 Å². The number of carbonyl (C=O) groups is 2. The minimum Gasteiger partial charge on any atom is -0.481 e. The van der Waals surface area contributed by atoms with Crippen LogP contribution in [0.5, 0.6) is 0 Å². The summed E-state index contributed by atoms with van der Waals surface area (Å²) in [5.41, 5.74) is -0.334. The van der Waals surface area contributed by atoms with Gasteiger partial charge < -0.3 is 20.5 Å². The molecule has 1 fully saturated rings. The molecule has 0 bridgehead atoms. The highest BCUT2D eigenvalue weighted by molar-refractivity contribution is 5.82. The van der Waals surface area contributed by atoms with Crippen molar-refractivity contribution in [3.05, 3.63) is 0 Å². The summed E-state index contributed by atoms with van der Waals surface area (Å²) in [6, 6.07) is 0. The first-order chi connectivity index (χ1) is 8.54. The van der Waals surface area contributed by atoms with Crippen molar-refractivity contribution >= 4 is 11.9 Å². The van der Waals surface area contributed by atoms with Gasteiger partial charge in [-0.2, -0.15) is 0 Å². The highest BCUT2D eigenvalue weighted by Gasteiger charge is 2.34. The summed E-state index contributed by atoms with van der Waals surface area (Å²) >= 11 is 0. The third-order valence-electron chi connectivity index (χ3n) is 3.14. The van der Waals surface area contributed by atoms with E-state index < -0.39 is 5.97 Å². The van der Waals surface area contributed by atoms with E-state index in [2.05, 4.69) is 10.6 Å². The van der Waals surface area contributed by atoms with E-state index >= 15 is 0 Å². The van der Waals surface area contributed by atoms with Gasteiger partial charge in [0.15, 0.2) is 0 Å². The Morgan fingerprint density at radius 3 is 2.83 bits per heavy atom. The van der Waals surface area contributed by atoms with Crippen molar-refractivity contribution in [1.82, 2.24) is 10.6 Å². The number of hydrogen-bond donors (Lipinski definition) is 3. The molecule has 1 amide bonds. The van der Waals surface area contributed by atoms with Gasteiger partial charge in [-0.1, -0.05) is 0 Å². The lowest BCUT2D eigenvalue weighted by molar-refractivity contribution is -0.138. The molecule has 1 unspecified atom stereocenters. The predicted molar refractivity (Wildman–Crippen MR) is 66.3 cm³/mol. The number of carboxylic acids is 1. The van der Waals surface area contributed by atoms with Crippen LogP contribution in [0.1, 0.15) is 26.2 Å². The highest BCUT2D eigenvalue weighted by Crippen LogP contribution is 2.25. The average molecular weight is 258 g/mol. The highest BCUT2D eigenvalue weighted by atomic mass is 16.5. The Kier molecular flexibility index (Phi) is 6.07. The fourth-order valence-electron chi connectivity index (χ4n) is 1.96. The van der Waals surface area contributed by atoms with Crippen LogP contribution in [0, 0.1) is 5.41 Å². The topological polar surface area (TPSA) is 87.7 Å². The quantitative estimate of drug-likeness (QED) is 0.559. The van der Waals surface area contributed by atoms with Crippen molar-refractivity contribution in [2.45, 2.75) is 26.2 Å². The van der Waals surface area contributed by atoms with E-state index in [1.54, 1.807) is 0 Å². The molecule has 1 aliphatic rings. The minimum atomic E-state index is -0.875. The van der Waals surface area contributed by atoms with Crippen LogP contribution < -0.4 is 10.6 Å². The third-order valence-corrected chi connectivity index (χ3v) is 3.14. The predicted octanol–water partition coefficient (Wildman–Crippen LogP) is -0.0164. The molecule has 0 aromatic carbocycles. The first-order valence-corrected chi connectivity index (χ1v) is 6.33. The summed E-state index contributed by atoms with van der Waals surface area (Å²) in [5.74, 6) is -0.837. The lowest BCUT2D eigenvalue weighted by Crippen LogP contribution is -2.49. The maximum atomic E-state index is 12.0. The molecule has 3 N–H and O–H groups in total. The molecule has 104 valence electrons. The molecule has 1 atom stereocenters. The van der Waals surface area contributed by atoms with Crippen molar-refractivity contribution < 1.29 is 19.4 Å². The summed E-state index contributed by atoms with van der Waals surface area (Å²) in [7, 11) is 0. The molecule has 0 spiro atoms. The standard InChI is InChI=1S/C12H22N2O4/c1-12(4-2-5-13-9-12)11(17)14-6-8-18-7-3-10(15)16/h13H,2-9H2,1H3,(H,14,17)(H,15,16). The number of rotatable bonds is 7. The van der Waals surface area contributed by atoms with Crippen molar-refractivity contribution in [3.8, 4) is 0 Å². The lowest BCUT2D eigenvalue weighted by Gasteiger charge is -2.32. The van der Waals surface area contributed by atoms with Crippen molar-refractivity contribution in [1.29, 1.82) is 0 Å². The molecule has 0 radical (unpaired) electrons. The van der Waals surface area contributed by atoms with Gasteiger partial charge in [-0.15, -0.1) is 0 Å². The van der Waals surface area contributed by atoms with Crippen LogP contribution in [0.3, 0.4) is 0 Å². The van der Waals surface area contributed by atoms with Crippen molar-refractivity contribution in [2.24, 2.45) is 5.41 Å². The molecule has 6 heteroatoms. The van der Waals surface area contributed by atoms with E-state index in [-0.39, 0.29) is 24.3 Å². The smallest absolute Gasteiger partial charge is 0.305 e. The Hall–Kier alpha value is -1.14. The summed E-state index contributed by atoms with van der Waals surface area (Å²) in [4.78, 5) is 22.2. The number of nitrogens with one attached hydrogen (secondary N) is 2. The number of ether oxygens (including phenoxy) is 1. The van der Waals surface area contributed by atoms with E-state index in [1.165, 1.54) is 0 Å². The second-order valence-corrected chi connectivity index (χ2v) is 4.85. The van der Waals surface area contributed by atoms with E-state index in [1.807, 2.05) is 6.92 Å². The fraction of sp³-hybridized carbons (Fsp3) is 0.833. The van der Waals surface area contributed by atoms with Crippen LogP contribution >= 0.6 is 0 Å². The number of carbonyl (C=O) groups excluding carboxylic acids is 1. The second kappa shape index (κ2) is 7.33. The molecule has 0 aliphatic carbocycles. The zero-order chi connectivity index (χ0) is 13.4. The maximum Gasteiger partial charge on any atom is 0.305 e. The van der Waals surface area contributed by atoms with Gasteiger partial charge in [-0.05, 0) is 26.3 Å². The van der Waals surface area contributed by atoms with Crippen LogP contribution in [0.15, 0.2) is 0 Å². The van der Waals surface area contributed by atoms with Gasteiger partial charge in [-0.3, -0.25) is 9.59 Å². The molecule has 1 saturated heterocycles. The van der Waals surface area contributed by atoms with Gasteiger partial charge in [-0.25, -0.2) is 0 Å². The van der Waals surface area contributed by atoms with Gasteiger partial charge in [0.2, 0.25) is 5.91 Å². The first-order valence-electron chi connectivity index (χ1n) is 6.33. The molecule has 1 heterocycles. The molecule has 0 saturated carbocycles. The van der Waals surface area contributed by atoms with Gasteiger partial charge >= 0.3 is 5.97 Å². The number of amides is 1. The van der Waals surface area contributed by atoms with Crippen LogP contribution in [-0.4, -0.2) is 49.8 Å². The summed E-state index contributed by atoms with van der Waals surface area (Å²) in [5, 5.41) is 14.5. The number of aliphatic carboxylic acids is 1. The van der Waals surface area contributed by atoms with Gasteiger partial charge in [0, 0.05) is 13.1 Å². The van der Waals surface area contributed by atoms with Crippen LogP contribution in [-0.2, 0) is 14.3 Å². The molecule has 0 aromatic heterocycles. The van der Waals surface area contributed by atoms with E-state index in [0.717, 1.165) is 19.4 Å². The molecule has 0 aromatic rings. The monoisotopic (exact) mass is 258 g/mol. The molecule has 6 nitrogen and oxygen atoms in total. The van der Waals surface area contributed by atoms with E-state index in [9.17, 15) is 9.59 Å². The largest absolute Gasteiger partial charge is 0.481 e. The van der Waals surface area contributed by atoms with Crippen LogP contribution in [0.4, 0.5) is 0 Å².